The van der Waals surface area contributed by atoms with Gasteiger partial charge in [-0.05, 0) is 40.8 Å². The van der Waals surface area contributed by atoms with Gasteiger partial charge in [0.1, 0.15) is 5.75 Å². The van der Waals surface area contributed by atoms with Crippen LogP contribution in [0.15, 0.2) is 66.7 Å². The van der Waals surface area contributed by atoms with Gasteiger partial charge in [0.15, 0.2) is 6.61 Å². The molecule has 1 unspecified atom stereocenters. The molecule has 178 valence electrons. The van der Waals surface area contributed by atoms with Crippen LogP contribution >= 0.6 is 0 Å². The van der Waals surface area contributed by atoms with Crippen LogP contribution in [0.3, 0.4) is 0 Å². The lowest BCUT2D eigenvalue weighted by molar-refractivity contribution is -0.146. The number of carbonyl (C=O) groups is 3. The first-order chi connectivity index (χ1) is 17.0. The first-order valence-electron chi connectivity index (χ1n) is 11.2. The molecular weight excluding hydrogens is 448 g/mol. The molecule has 0 saturated heterocycles. The molecule has 0 fully saturated rings. The monoisotopic (exact) mass is 472 g/mol. The number of nitrogens with zero attached hydrogens (tertiary/aromatic N) is 1. The highest BCUT2D eigenvalue weighted by molar-refractivity contribution is 5.97. The summed E-state index contributed by atoms with van der Waals surface area (Å²) in [5.41, 5.74) is 11.0. The van der Waals surface area contributed by atoms with Crippen molar-refractivity contribution in [1.82, 2.24) is 10.9 Å². The summed E-state index contributed by atoms with van der Waals surface area (Å²) in [4.78, 5) is 42.3. The Morgan fingerprint density at radius 2 is 1.86 bits per heavy atom. The first kappa shape index (κ1) is 22.6. The Hall–Kier alpha value is -4.21. The maximum absolute atomic E-state index is 13.1. The van der Waals surface area contributed by atoms with E-state index >= 15 is 0 Å². The second-order valence-electron chi connectivity index (χ2n) is 8.40. The quantitative estimate of drug-likeness (QED) is 0.469. The number of benzene rings is 3. The van der Waals surface area contributed by atoms with Crippen molar-refractivity contribution in [2.24, 2.45) is 5.90 Å². The van der Waals surface area contributed by atoms with Gasteiger partial charge < -0.3 is 14.5 Å². The molecule has 0 radical (unpaired) electrons. The Labute approximate surface area is 201 Å². The summed E-state index contributed by atoms with van der Waals surface area (Å²) in [5, 5.41) is 0. The van der Waals surface area contributed by atoms with E-state index in [1.807, 2.05) is 48.5 Å². The van der Waals surface area contributed by atoms with Gasteiger partial charge >= 0.3 is 5.97 Å². The van der Waals surface area contributed by atoms with E-state index in [1.165, 1.54) is 0 Å². The van der Waals surface area contributed by atoms with Gasteiger partial charge in [-0.25, -0.2) is 10.2 Å². The molecule has 9 nitrogen and oxygen atoms in total. The Bertz CT molecular complexity index is 1290. The fourth-order valence-electron chi connectivity index (χ4n) is 4.48. The summed E-state index contributed by atoms with van der Waals surface area (Å²) >= 11 is 0. The summed E-state index contributed by atoms with van der Waals surface area (Å²) < 4.78 is 5.41. The molecule has 3 aromatic rings. The molecule has 2 amide bonds. The molecule has 0 aliphatic carbocycles. The van der Waals surface area contributed by atoms with E-state index in [2.05, 4.69) is 15.7 Å². The lowest BCUT2D eigenvalue weighted by Crippen LogP contribution is -2.45. The number of hydrogen-bond acceptors (Lipinski definition) is 7. The van der Waals surface area contributed by atoms with E-state index in [0.29, 0.717) is 17.9 Å². The maximum atomic E-state index is 13.1. The van der Waals surface area contributed by atoms with Crippen LogP contribution in [-0.2, 0) is 27.3 Å². The smallest absolute Gasteiger partial charge is 0.362 e. The molecule has 1 atom stereocenters. The first-order valence-corrected chi connectivity index (χ1v) is 11.2. The van der Waals surface area contributed by atoms with Crippen molar-refractivity contribution >= 4 is 23.5 Å². The number of nitrogens with two attached hydrogens (primary N) is 1. The van der Waals surface area contributed by atoms with Crippen molar-refractivity contribution in [3.63, 3.8) is 0 Å². The second-order valence-corrected chi connectivity index (χ2v) is 8.40. The van der Waals surface area contributed by atoms with Crippen molar-refractivity contribution in [1.29, 1.82) is 0 Å². The third-order valence-electron chi connectivity index (χ3n) is 6.26. The molecular formula is C26H24N4O5. The second kappa shape index (κ2) is 9.57. The zero-order valence-electron chi connectivity index (χ0n) is 18.8. The van der Waals surface area contributed by atoms with Crippen LogP contribution in [0.4, 0.5) is 5.69 Å². The zero-order valence-corrected chi connectivity index (χ0v) is 18.8. The molecule has 0 spiro atoms. The summed E-state index contributed by atoms with van der Waals surface area (Å²) in [5.74, 6) is 4.44. The van der Waals surface area contributed by atoms with Crippen molar-refractivity contribution in [3.05, 3.63) is 94.5 Å². The standard InChI is InChI=1S/C26H24N4O5/c27-35-24(32)15-34-19-10-9-17-11-12-30(22(17)14-19)23(31)13-16-5-7-18(8-6-16)25-20-3-1-2-4-21(20)26(33)29-28-25/h1-10,14,25,28H,11-13,15,27H2,(H,29,33). The number of anilines is 1. The van der Waals surface area contributed by atoms with Gasteiger partial charge in [0.05, 0.1) is 18.2 Å². The minimum Gasteiger partial charge on any atom is -0.482 e. The van der Waals surface area contributed by atoms with Crippen LogP contribution in [0, 0.1) is 0 Å². The fraction of sp³-hybridized carbons (Fsp3) is 0.192. The molecule has 2 aliphatic heterocycles. The van der Waals surface area contributed by atoms with E-state index in [0.717, 1.165) is 34.4 Å². The van der Waals surface area contributed by atoms with E-state index in [-0.39, 0.29) is 30.9 Å². The molecule has 0 bridgehead atoms. The van der Waals surface area contributed by atoms with E-state index in [1.54, 1.807) is 23.1 Å². The lowest BCUT2D eigenvalue weighted by Gasteiger charge is -2.27. The van der Waals surface area contributed by atoms with Crippen molar-refractivity contribution in [2.45, 2.75) is 18.9 Å². The van der Waals surface area contributed by atoms with Crippen LogP contribution in [-0.4, -0.2) is 30.9 Å². The number of carbonyl (C=O) groups excluding carboxylic acids is 3. The lowest BCUT2D eigenvalue weighted by atomic mass is 9.92. The number of ether oxygens (including phenoxy) is 1. The van der Waals surface area contributed by atoms with Crippen LogP contribution in [0.2, 0.25) is 0 Å². The average molecular weight is 473 g/mol. The summed E-state index contributed by atoms with van der Waals surface area (Å²) in [6.07, 6.45) is 0.999. The molecule has 0 saturated carbocycles. The summed E-state index contributed by atoms with van der Waals surface area (Å²) in [7, 11) is 0. The largest absolute Gasteiger partial charge is 0.482 e. The third-order valence-corrected chi connectivity index (χ3v) is 6.26. The zero-order chi connectivity index (χ0) is 24.4. The van der Waals surface area contributed by atoms with Gasteiger partial charge in [0.25, 0.3) is 5.91 Å². The minimum atomic E-state index is -0.684. The number of hydrazine groups is 1. The number of rotatable bonds is 6. The highest BCUT2D eigenvalue weighted by Crippen LogP contribution is 2.33. The topological polar surface area (TPSA) is 123 Å². The van der Waals surface area contributed by atoms with Crippen LogP contribution < -0.4 is 26.4 Å². The molecule has 2 aliphatic rings. The summed E-state index contributed by atoms with van der Waals surface area (Å²) in [6.45, 7) is 0.280. The van der Waals surface area contributed by atoms with Crippen LogP contribution in [0.25, 0.3) is 0 Å². The maximum Gasteiger partial charge on any atom is 0.362 e. The Morgan fingerprint density at radius 1 is 1.06 bits per heavy atom. The van der Waals surface area contributed by atoms with Crippen LogP contribution in [0.5, 0.6) is 5.75 Å². The number of hydrogen-bond donors (Lipinski definition) is 3. The molecule has 9 heteroatoms. The van der Waals surface area contributed by atoms with Gasteiger partial charge in [0.2, 0.25) is 5.91 Å². The van der Waals surface area contributed by atoms with E-state index < -0.39 is 5.97 Å². The van der Waals surface area contributed by atoms with E-state index in [4.69, 9.17) is 10.6 Å². The predicted octanol–water partition coefficient (Wildman–Crippen LogP) is 1.95. The van der Waals surface area contributed by atoms with E-state index in [9.17, 15) is 14.4 Å². The Kier molecular flexibility index (Phi) is 6.17. The van der Waals surface area contributed by atoms with Crippen molar-refractivity contribution in [2.75, 3.05) is 18.1 Å². The Balaban J connectivity index is 1.28. The number of nitrogens with one attached hydrogen (secondary N) is 2. The minimum absolute atomic E-state index is 0.0246. The molecule has 5 rings (SSSR count). The van der Waals surface area contributed by atoms with Crippen molar-refractivity contribution in [3.8, 4) is 5.75 Å². The molecule has 0 aromatic heterocycles. The summed E-state index contributed by atoms with van der Waals surface area (Å²) in [6, 6.07) is 20.5. The average Bonchev–Trinajstić information content (AvgIpc) is 3.32. The van der Waals surface area contributed by atoms with Gasteiger partial charge in [0, 0.05) is 18.2 Å². The SMILES string of the molecule is NOC(=O)COc1ccc2c(c1)N(C(=O)Cc1ccc(C3NNC(=O)c4ccccc43)cc1)CC2. The van der Waals surface area contributed by atoms with Gasteiger partial charge in [-0.3, -0.25) is 15.0 Å². The number of fused-ring (bicyclic) bond motifs is 2. The third kappa shape index (κ3) is 4.59. The number of amides is 2. The highest BCUT2D eigenvalue weighted by Gasteiger charge is 2.27. The van der Waals surface area contributed by atoms with Gasteiger partial charge in [-0.1, -0.05) is 48.5 Å². The molecule has 2 heterocycles. The Morgan fingerprint density at radius 3 is 2.66 bits per heavy atom. The van der Waals surface area contributed by atoms with Crippen molar-refractivity contribution < 1.29 is 24.0 Å². The van der Waals surface area contributed by atoms with Gasteiger partial charge in [-0.15, -0.1) is 0 Å². The van der Waals surface area contributed by atoms with Crippen LogP contribution in [0.1, 0.15) is 38.7 Å². The molecule has 35 heavy (non-hydrogen) atoms. The molecule has 4 N–H and O–H groups in total. The molecule has 3 aromatic carbocycles. The fourth-order valence-corrected chi connectivity index (χ4v) is 4.48. The highest BCUT2D eigenvalue weighted by atomic mass is 16.7. The predicted molar refractivity (Wildman–Crippen MR) is 127 cm³/mol. The normalized spacial score (nSPS) is 16.2. The van der Waals surface area contributed by atoms with Gasteiger partial charge in [-0.2, -0.15) is 5.90 Å².